The molecule has 0 saturated carbocycles. The summed E-state index contributed by atoms with van der Waals surface area (Å²) in [6, 6.07) is 4.65. The van der Waals surface area contributed by atoms with Crippen LogP contribution in [0.25, 0.3) is 0 Å². The number of amides is 2. The van der Waals surface area contributed by atoms with E-state index in [1.54, 1.807) is 18.3 Å². The number of hydrogen-bond acceptors (Lipinski definition) is 9. The summed E-state index contributed by atoms with van der Waals surface area (Å²) in [7, 11) is -1.38. The van der Waals surface area contributed by atoms with Crippen molar-refractivity contribution in [2.45, 2.75) is 12.4 Å². The first kappa shape index (κ1) is 20.4. The first-order valence-electron chi connectivity index (χ1n) is 8.82. The fraction of sp³-hybridized carbons (Fsp3) is 0.312. The van der Waals surface area contributed by atoms with Crippen LogP contribution >= 0.6 is 0 Å². The highest BCUT2D eigenvalue weighted by atomic mass is 16.5. The summed E-state index contributed by atoms with van der Waals surface area (Å²) >= 11 is 0. The van der Waals surface area contributed by atoms with Crippen LogP contribution in [0.15, 0.2) is 30.1 Å². The van der Waals surface area contributed by atoms with E-state index < -0.39 is 24.9 Å². The minimum atomic E-state index is -1.38. The normalized spacial score (nSPS) is 17.6. The van der Waals surface area contributed by atoms with E-state index in [1.165, 1.54) is 11.1 Å². The first-order valence-corrected chi connectivity index (χ1v) is 8.82. The summed E-state index contributed by atoms with van der Waals surface area (Å²) in [6.45, 7) is 0.0291. The Morgan fingerprint density at radius 2 is 2.14 bits per heavy atom. The van der Waals surface area contributed by atoms with Crippen molar-refractivity contribution in [3.63, 3.8) is 0 Å². The number of carbonyl (C=O) groups excluding carboxylic acids is 2. The predicted octanol–water partition coefficient (Wildman–Crippen LogP) is -2.93. The summed E-state index contributed by atoms with van der Waals surface area (Å²) in [5.74, 6) is -2.48. The topological polar surface area (TPSA) is 178 Å². The molecule has 0 unspecified atom stereocenters. The molecule has 2 aliphatic rings. The number of carboxylic acids is 1. The molecule has 1 atom stereocenters. The lowest BCUT2D eigenvalue weighted by Gasteiger charge is -2.29. The number of para-hydroxylation sites is 1. The second-order valence-corrected chi connectivity index (χ2v) is 6.49. The molecule has 2 heterocycles. The second kappa shape index (κ2) is 8.81. The van der Waals surface area contributed by atoms with Gasteiger partial charge in [-0.1, -0.05) is 12.1 Å². The zero-order chi connectivity index (χ0) is 21.0. The van der Waals surface area contributed by atoms with Crippen LogP contribution in [0.2, 0.25) is 0 Å². The van der Waals surface area contributed by atoms with Crippen LogP contribution < -0.4 is 32.0 Å². The van der Waals surface area contributed by atoms with Gasteiger partial charge in [-0.3, -0.25) is 14.6 Å². The summed E-state index contributed by atoms with van der Waals surface area (Å²) < 4.78 is 5.35. The summed E-state index contributed by atoms with van der Waals surface area (Å²) in [4.78, 5) is 34.8. The molecule has 1 aromatic rings. The number of nitrogens with one attached hydrogen (secondary N) is 4. The zero-order valence-electron chi connectivity index (χ0n) is 15.3. The Kier molecular flexibility index (Phi) is 6.21. The molecule has 29 heavy (non-hydrogen) atoms. The van der Waals surface area contributed by atoms with Crippen molar-refractivity contribution >= 4 is 24.9 Å². The number of benzene rings is 1. The predicted molar refractivity (Wildman–Crippen MR) is 101 cm³/mol. The van der Waals surface area contributed by atoms with Crippen molar-refractivity contribution in [2.24, 2.45) is 5.73 Å². The minimum absolute atomic E-state index is 0.0435. The Morgan fingerprint density at radius 3 is 2.86 bits per heavy atom. The summed E-state index contributed by atoms with van der Waals surface area (Å²) in [6.07, 6.45) is 1.83. The number of hydrogen-bond donors (Lipinski definition) is 7. The third kappa shape index (κ3) is 4.96. The monoisotopic (exact) mass is 404 g/mol. The van der Waals surface area contributed by atoms with E-state index in [9.17, 15) is 24.5 Å². The number of carboxylic acid groups (broad SMARTS) is 1. The molecule has 8 N–H and O–H groups in total. The largest absolute Gasteiger partial charge is 0.547 e. The van der Waals surface area contributed by atoms with Gasteiger partial charge in [-0.25, -0.2) is 4.79 Å². The number of hydrazine groups is 2. The number of fused-ring (bicyclic) bond motifs is 1. The number of nitrogens with two attached hydrogens (primary N) is 1. The van der Waals surface area contributed by atoms with E-state index in [1.807, 2.05) is 0 Å². The molecule has 0 aliphatic carbocycles. The lowest BCUT2D eigenvalue weighted by molar-refractivity contribution is -0.122. The molecule has 0 fully saturated rings. The lowest BCUT2D eigenvalue weighted by atomic mass is 9.72. The van der Waals surface area contributed by atoms with Gasteiger partial charge < -0.3 is 36.6 Å². The number of aromatic carboxylic acids is 1. The molecule has 0 bridgehead atoms. The van der Waals surface area contributed by atoms with E-state index in [2.05, 4.69) is 21.6 Å². The quantitative estimate of drug-likeness (QED) is 0.233. The van der Waals surface area contributed by atoms with Crippen molar-refractivity contribution in [1.29, 1.82) is 0 Å². The average molecular weight is 404 g/mol. The zero-order valence-corrected chi connectivity index (χ0v) is 15.3. The van der Waals surface area contributed by atoms with E-state index in [0.717, 1.165) is 0 Å². The van der Waals surface area contributed by atoms with Gasteiger partial charge in [0, 0.05) is 6.20 Å². The second-order valence-electron chi connectivity index (χ2n) is 6.49. The average Bonchev–Trinajstić information content (AvgIpc) is 3.13. The molecule has 0 aromatic heterocycles. The molecule has 1 aromatic carbocycles. The van der Waals surface area contributed by atoms with Crippen LogP contribution in [0.3, 0.4) is 0 Å². The molecule has 154 valence electrons. The Hall–Kier alpha value is -3.29. The summed E-state index contributed by atoms with van der Waals surface area (Å²) in [5.41, 5.74) is 11.9. The minimum Gasteiger partial charge on any atom is -0.534 e. The lowest BCUT2D eigenvalue weighted by Crippen LogP contribution is -2.55. The molecule has 0 radical (unpaired) electrons. The highest BCUT2D eigenvalue weighted by Gasteiger charge is 2.37. The molecule has 2 aliphatic heterocycles. The Balaban J connectivity index is 1.55. The van der Waals surface area contributed by atoms with Crippen LogP contribution in [0.4, 0.5) is 0 Å². The molecule has 2 amide bonds. The van der Waals surface area contributed by atoms with Crippen LogP contribution in [0, 0.1) is 0 Å². The van der Waals surface area contributed by atoms with E-state index in [0.29, 0.717) is 11.3 Å². The standard InChI is InChI=1S/C16H21BN6O6/c18-5-13(24)19-6-10-7-23(22-21-10)8-14(25)20-12-4-9-2-1-3-11(16(26)27)15(9)29-17(12)28/h1-3,7,12,21-22,28H,4-6,8,18H2,(H,19,24)(H,20,25)(H,26,27)/t12-/m0/s1. The van der Waals surface area contributed by atoms with Gasteiger partial charge in [-0.05, 0) is 18.1 Å². The van der Waals surface area contributed by atoms with Gasteiger partial charge >= 0.3 is 13.1 Å². The fourth-order valence-electron chi connectivity index (χ4n) is 2.96. The maximum atomic E-state index is 12.3. The van der Waals surface area contributed by atoms with Gasteiger partial charge in [-0.15, -0.1) is 5.53 Å². The van der Waals surface area contributed by atoms with Crippen molar-refractivity contribution in [1.82, 2.24) is 26.6 Å². The van der Waals surface area contributed by atoms with Crippen molar-refractivity contribution < 1.29 is 29.2 Å². The van der Waals surface area contributed by atoms with Crippen LogP contribution in [0.1, 0.15) is 15.9 Å². The van der Waals surface area contributed by atoms with Gasteiger partial charge in [0.15, 0.2) is 0 Å². The maximum absolute atomic E-state index is 12.3. The van der Waals surface area contributed by atoms with E-state index >= 15 is 0 Å². The molecule has 0 spiro atoms. The molecular weight excluding hydrogens is 383 g/mol. The fourth-order valence-corrected chi connectivity index (χ4v) is 2.96. The van der Waals surface area contributed by atoms with Gasteiger partial charge in [0.05, 0.1) is 30.3 Å². The molecular formula is C16H21BN6O6. The van der Waals surface area contributed by atoms with Crippen molar-refractivity contribution in [3.05, 3.63) is 41.2 Å². The Bertz CT molecular complexity index is 849. The molecule has 13 heteroatoms. The van der Waals surface area contributed by atoms with Crippen molar-refractivity contribution in [3.8, 4) is 5.75 Å². The molecule has 3 rings (SSSR count). The highest BCUT2D eigenvalue weighted by Crippen LogP contribution is 2.30. The number of carbonyl (C=O) groups is 3. The van der Waals surface area contributed by atoms with Crippen LogP contribution in [-0.4, -0.2) is 65.6 Å². The highest BCUT2D eigenvalue weighted by molar-refractivity contribution is 6.47. The third-order valence-electron chi connectivity index (χ3n) is 4.34. The summed E-state index contributed by atoms with van der Waals surface area (Å²) in [5, 5.41) is 26.1. The third-order valence-corrected chi connectivity index (χ3v) is 4.34. The first-order chi connectivity index (χ1) is 13.9. The van der Waals surface area contributed by atoms with Crippen LogP contribution in [0.5, 0.6) is 5.75 Å². The van der Waals surface area contributed by atoms with Crippen LogP contribution in [-0.2, 0) is 16.0 Å². The van der Waals surface area contributed by atoms with Gasteiger partial charge in [0.25, 0.3) is 0 Å². The smallest absolute Gasteiger partial charge is 0.534 e. The van der Waals surface area contributed by atoms with E-state index in [4.69, 9.17) is 10.4 Å². The molecule has 0 saturated heterocycles. The van der Waals surface area contributed by atoms with Gasteiger partial charge in [0.2, 0.25) is 11.8 Å². The van der Waals surface area contributed by atoms with Crippen molar-refractivity contribution in [2.75, 3.05) is 19.6 Å². The Labute approximate surface area is 166 Å². The number of rotatable bonds is 7. The van der Waals surface area contributed by atoms with E-state index in [-0.39, 0.29) is 43.3 Å². The molecule has 12 nitrogen and oxygen atoms in total. The number of nitrogens with zero attached hydrogens (tertiary/aromatic N) is 1. The van der Waals surface area contributed by atoms with Gasteiger partial charge in [-0.2, -0.15) is 0 Å². The SMILES string of the molecule is NCC(=O)NCC1=CN(CC(=O)N[C@H]2Cc3cccc(C(=O)O)c3OB2O)NN1. The van der Waals surface area contributed by atoms with Gasteiger partial charge in [0.1, 0.15) is 12.3 Å². The maximum Gasteiger partial charge on any atom is 0.547 e. The Morgan fingerprint density at radius 1 is 1.34 bits per heavy atom.